The first-order valence-corrected chi connectivity index (χ1v) is 5.95. The number of halogens is 1. The van der Waals surface area contributed by atoms with Crippen molar-refractivity contribution in [2.45, 2.75) is 6.42 Å². The van der Waals surface area contributed by atoms with Crippen LogP contribution in [0, 0.1) is 0 Å². The third kappa shape index (κ3) is 3.71. The van der Waals surface area contributed by atoms with Gasteiger partial charge in [0.25, 0.3) is 0 Å². The van der Waals surface area contributed by atoms with Gasteiger partial charge in [0.2, 0.25) is 0 Å². The maximum absolute atomic E-state index is 11.6. The van der Waals surface area contributed by atoms with Crippen molar-refractivity contribution in [3.63, 3.8) is 0 Å². The molecule has 2 aromatic rings. The van der Waals surface area contributed by atoms with Gasteiger partial charge in [-0.1, -0.05) is 0 Å². The molecule has 0 saturated heterocycles. The van der Waals surface area contributed by atoms with Crippen LogP contribution < -0.4 is 0 Å². The van der Waals surface area contributed by atoms with Gasteiger partial charge in [0.1, 0.15) is 0 Å². The zero-order valence-electron chi connectivity index (χ0n) is 9.63. The first kappa shape index (κ1) is 15.0. The number of benzene rings is 2. The molecule has 0 spiro atoms. The Balaban J connectivity index is 0.00000162. The van der Waals surface area contributed by atoms with E-state index in [0.717, 1.165) is 12.0 Å². The molecule has 0 bridgehead atoms. The normalized spacial score (nSPS) is 9.28. The van der Waals surface area contributed by atoms with Gasteiger partial charge >= 0.3 is 113 Å². The molecule has 2 rings (SSSR count). The summed E-state index contributed by atoms with van der Waals surface area (Å²) in [6.45, 7) is 0. The Bertz CT molecular complexity index is 514. The summed E-state index contributed by atoms with van der Waals surface area (Å²) in [6.07, 6.45) is 0.742. The van der Waals surface area contributed by atoms with Crippen LogP contribution in [-0.2, 0) is 30.6 Å². The fourth-order valence-electron chi connectivity index (χ4n) is 1.74. The minimum atomic E-state index is -0.281. The van der Waals surface area contributed by atoms with Crippen molar-refractivity contribution in [2.24, 2.45) is 0 Å². The Morgan fingerprint density at radius 2 is 1.61 bits per heavy atom. The molecular weight excluding hydrogens is 283 g/mol. The first-order valence-electron chi connectivity index (χ1n) is 5.31. The summed E-state index contributed by atoms with van der Waals surface area (Å²) in [6, 6.07) is 17.6. The molecule has 0 aliphatic rings. The van der Waals surface area contributed by atoms with E-state index < -0.39 is 0 Å². The quantitative estimate of drug-likeness (QED) is 0.812. The van der Waals surface area contributed by atoms with Gasteiger partial charge < -0.3 is 0 Å². The van der Waals surface area contributed by atoms with Crippen LogP contribution in [0.1, 0.15) is 21.5 Å². The van der Waals surface area contributed by atoms with E-state index in [4.69, 9.17) is 3.32 Å². The van der Waals surface area contributed by atoms with E-state index in [1.54, 1.807) is 6.07 Å². The molecule has 2 aromatic carbocycles. The Hall–Kier alpha value is -1.09. The van der Waals surface area contributed by atoms with E-state index in [9.17, 15) is 4.79 Å². The van der Waals surface area contributed by atoms with Gasteiger partial charge in [0, 0.05) is 0 Å². The molecule has 91 valence electrons. The monoisotopic (exact) mass is 295 g/mol. The van der Waals surface area contributed by atoms with Crippen molar-refractivity contribution in [3.8, 4) is 0 Å². The Kier molecular flexibility index (Phi) is 6.13. The number of rotatable bonds is 3. The fourth-order valence-corrected chi connectivity index (χ4v) is 1.92. The number of hydrogen-bond donors (Lipinski definition) is 0. The minimum absolute atomic E-state index is 0. The second-order valence-electron chi connectivity index (χ2n) is 3.71. The molecule has 18 heavy (non-hydrogen) atoms. The van der Waals surface area contributed by atoms with Crippen LogP contribution in [0.5, 0.6) is 0 Å². The number of carbonyl (C=O) groups excluding carboxylic acids is 1. The SMILES string of the molecule is Cl.O=C([O][Ti])c1ccccc1Cc1ccccc1. The van der Waals surface area contributed by atoms with E-state index in [2.05, 4.69) is 0 Å². The first-order chi connectivity index (χ1) is 8.31. The van der Waals surface area contributed by atoms with Crippen molar-refractivity contribution >= 4 is 18.4 Å². The van der Waals surface area contributed by atoms with E-state index in [-0.39, 0.29) is 18.4 Å². The van der Waals surface area contributed by atoms with Crippen molar-refractivity contribution in [1.29, 1.82) is 0 Å². The van der Waals surface area contributed by atoms with Crippen molar-refractivity contribution < 1.29 is 28.9 Å². The molecule has 0 unspecified atom stereocenters. The summed E-state index contributed by atoms with van der Waals surface area (Å²) in [5.41, 5.74) is 2.81. The van der Waals surface area contributed by atoms with Gasteiger partial charge in [-0.25, -0.2) is 0 Å². The second-order valence-corrected chi connectivity index (χ2v) is 4.03. The molecule has 0 atom stereocenters. The Morgan fingerprint density at radius 1 is 1.00 bits per heavy atom. The van der Waals surface area contributed by atoms with Crippen LogP contribution >= 0.6 is 12.4 Å². The third-order valence-electron chi connectivity index (χ3n) is 2.57. The van der Waals surface area contributed by atoms with Crippen LogP contribution in [0.3, 0.4) is 0 Å². The van der Waals surface area contributed by atoms with Crippen LogP contribution in [0.25, 0.3) is 0 Å². The molecule has 0 aromatic heterocycles. The Morgan fingerprint density at radius 3 is 2.28 bits per heavy atom. The van der Waals surface area contributed by atoms with Crippen LogP contribution in [-0.4, -0.2) is 5.97 Å². The average molecular weight is 296 g/mol. The summed E-state index contributed by atoms with van der Waals surface area (Å²) >= 11 is 1.40. The maximum atomic E-state index is 11.6. The molecule has 0 fully saturated rings. The molecule has 0 heterocycles. The van der Waals surface area contributed by atoms with Crippen molar-refractivity contribution in [2.75, 3.05) is 0 Å². The average Bonchev–Trinajstić information content (AvgIpc) is 2.40. The van der Waals surface area contributed by atoms with Gasteiger partial charge in [-0.05, 0) is 0 Å². The molecular formula is C14H12ClO2Ti. The van der Waals surface area contributed by atoms with Crippen LogP contribution in [0.15, 0.2) is 54.6 Å². The van der Waals surface area contributed by atoms with E-state index >= 15 is 0 Å². The zero-order chi connectivity index (χ0) is 12.1. The molecule has 2 nitrogen and oxygen atoms in total. The van der Waals surface area contributed by atoms with E-state index in [1.165, 1.54) is 26.4 Å². The summed E-state index contributed by atoms with van der Waals surface area (Å²) in [5, 5.41) is 0. The summed E-state index contributed by atoms with van der Waals surface area (Å²) in [4.78, 5) is 11.6. The van der Waals surface area contributed by atoms with Crippen LogP contribution in [0.2, 0.25) is 0 Å². The third-order valence-corrected chi connectivity index (χ3v) is 2.86. The van der Waals surface area contributed by atoms with E-state index in [1.807, 2.05) is 48.5 Å². The van der Waals surface area contributed by atoms with Gasteiger partial charge in [0.15, 0.2) is 0 Å². The molecule has 0 saturated carbocycles. The fraction of sp³-hybridized carbons (Fsp3) is 0.0714. The predicted octanol–water partition coefficient (Wildman–Crippen LogP) is 3.32. The molecule has 0 N–H and O–H groups in total. The summed E-state index contributed by atoms with van der Waals surface area (Å²) in [7, 11) is 0. The predicted molar refractivity (Wildman–Crippen MR) is 68.4 cm³/mol. The molecule has 4 heteroatoms. The summed E-state index contributed by atoms with van der Waals surface area (Å²) in [5.74, 6) is -0.281. The van der Waals surface area contributed by atoms with Crippen LogP contribution in [0.4, 0.5) is 0 Å². The van der Waals surface area contributed by atoms with Gasteiger partial charge in [0.05, 0.1) is 0 Å². The second kappa shape index (κ2) is 7.37. The Labute approximate surface area is 125 Å². The van der Waals surface area contributed by atoms with Gasteiger partial charge in [-0.2, -0.15) is 0 Å². The van der Waals surface area contributed by atoms with E-state index in [0.29, 0.717) is 5.56 Å². The van der Waals surface area contributed by atoms with Crippen molar-refractivity contribution in [1.82, 2.24) is 0 Å². The standard InChI is InChI=1S/C14H12O2.ClH.Ti/c15-14(16)13-9-5-4-8-12(13)10-11-6-2-1-3-7-11;;/h1-9H,10H2,(H,15,16);1H;/q;;+1/p-1. The summed E-state index contributed by atoms with van der Waals surface area (Å²) < 4.78 is 4.78. The van der Waals surface area contributed by atoms with Gasteiger partial charge in [-0.15, -0.1) is 12.4 Å². The van der Waals surface area contributed by atoms with Gasteiger partial charge in [-0.3, -0.25) is 0 Å². The topological polar surface area (TPSA) is 26.3 Å². The molecule has 0 aliphatic carbocycles. The molecule has 0 radical (unpaired) electrons. The van der Waals surface area contributed by atoms with Crippen molar-refractivity contribution in [3.05, 3.63) is 71.3 Å². The zero-order valence-corrected chi connectivity index (χ0v) is 12.0. The number of carbonyl (C=O) groups is 1. The number of hydrogen-bond acceptors (Lipinski definition) is 2. The molecule has 0 aliphatic heterocycles. The molecule has 0 amide bonds.